The van der Waals surface area contributed by atoms with Crippen LogP contribution in [0.3, 0.4) is 0 Å². The Morgan fingerprint density at radius 2 is 2.20 bits per heavy atom. The van der Waals surface area contributed by atoms with E-state index in [-0.39, 0.29) is 0 Å². The molecule has 0 saturated carbocycles. The summed E-state index contributed by atoms with van der Waals surface area (Å²) in [6, 6.07) is 8.41. The van der Waals surface area contributed by atoms with Crippen LogP contribution in [0.5, 0.6) is 0 Å². The Morgan fingerprint density at radius 1 is 1.28 bits per heavy atom. The maximum atomic E-state index is 13.0. The number of para-hydroxylation sites is 1. The zero-order valence-corrected chi connectivity index (χ0v) is 14.1. The number of aromatic nitrogens is 3. The van der Waals surface area contributed by atoms with Crippen LogP contribution in [0.15, 0.2) is 36.7 Å². The first-order valence-electron chi connectivity index (χ1n) is 8.81. The number of piperidine rings is 1. The predicted octanol–water partition coefficient (Wildman–Crippen LogP) is 3.30. The molecule has 1 aliphatic rings. The molecule has 4 rings (SSSR count). The lowest BCUT2D eigenvalue weighted by Crippen LogP contribution is -2.38. The highest BCUT2D eigenvalue weighted by Crippen LogP contribution is 2.30. The minimum atomic E-state index is -0.419. The molecule has 130 valence electrons. The number of nitrogens with one attached hydrogen (secondary N) is 3. The van der Waals surface area contributed by atoms with Gasteiger partial charge in [-0.3, -0.25) is 4.39 Å². The highest BCUT2D eigenvalue weighted by atomic mass is 19.1. The quantitative estimate of drug-likeness (QED) is 0.667. The second-order valence-electron chi connectivity index (χ2n) is 6.44. The molecule has 0 radical (unpaired) electrons. The van der Waals surface area contributed by atoms with Crippen LogP contribution in [-0.2, 0) is 6.42 Å². The Kier molecular flexibility index (Phi) is 4.61. The third-order valence-corrected chi connectivity index (χ3v) is 4.70. The maximum Gasteiger partial charge on any atom is 0.223 e. The summed E-state index contributed by atoms with van der Waals surface area (Å²) in [6.07, 6.45) is 6.26. The molecule has 1 fully saturated rings. The van der Waals surface area contributed by atoms with E-state index in [1.165, 1.54) is 0 Å². The number of halogens is 1. The van der Waals surface area contributed by atoms with Crippen molar-refractivity contribution >= 4 is 16.9 Å². The molecule has 3 aromatic rings. The van der Waals surface area contributed by atoms with Crippen molar-refractivity contribution in [1.82, 2.24) is 20.3 Å². The monoisotopic (exact) mass is 339 g/mol. The zero-order valence-electron chi connectivity index (χ0n) is 14.1. The fourth-order valence-corrected chi connectivity index (χ4v) is 3.42. The van der Waals surface area contributed by atoms with Gasteiger partial charge < -0.3 is 15.6 Å². The van der Waals surface area contributed by atoms with Gasteiger partial charge in [-0.15, -0.1) is 0 Å². The van der Waals surface area contributed by atoms with Gasteiger partial charge in [0, 0.05) is 47.9 Å². The highest BCUT2D eigenvalue weighted by molar-refractivity contribution is 5.95. The predicted molar refractivity (Wildman–Crippen MR) is 98.5 cm³/mol. The largest absolute Gasteiger partial charge is 0.360 e. The molecule has 2 aromatic heterocycles. The first-order chi connectivity index (χ1) is 12.3. The number of benzene rings is 1. The van der Waals surface area contributed by atoms with Crippen molar-refractivity contribution in [3.05, 3.63) is 42.2 Å². The number of rotatable bonds is 5. The van der Waals surface area contributed by atoms with Gasteiger partial charge in [0.05, 0.1) is 12.4 Å². The van der Waals surface area contributed by atoms with Crippen molar-refractivity contribution in [3.8, 4) is 11.3 Å². The van der Waals surface area contributed by atoms with Crippen LogP contribution in [-0.4, -0.2) is 40.8 Å². The van der Waals surface area contributed by atoms with E-state index in [9.17, 15) is 4.39 Å². The SMILES string of the molecule is FCCc1cnc(N[C@H]2CCCNC2)nc1-c1c[nH]c2ccccc12. The van der Waals surface area contributed by atoms with Crippen molar-refractivity contribution < 1.29 is 4.39 Å². The number of hydrogen-bond acceptors (Lipinski definition) is 4. The van der Waals surface area contributed by atoms with Crippen LogP contribution in [0.25, 0.3) is 22.2 Å². The van der Waals surface area contributed by atoms with E-state index in [0.29, 0.717) is 18.4 Å². The van der Waals surface area contributed by atoms with Gasteiger partial charge >= 0.3 is 0 Å². The van der Waals surface area contributed by atoms with Gasteiger partial charge in [-0.05, 0) is 31.0 Å². The van der Waals surface area contributed by atoms with Gasteiger partial charge in [-0.1, -0.05) is 18.2 Å². The summed E-state index contributed by atoms with van der Waals surface area (Å²) in [7, 11) is 0. The van der Waals surface area contributed by atoms with E-state index in [1.54, 1.807) is 6.20 Å². The highest BCUT2D eigenvalue weighted by Gasteiger charge is 2.17. The van der Waals surface area contributed by atoms with Crippen LogP contribution < -0.4 is 10.6 Å². The van der Waals surface area contributed by atoms with E-state index >= 15 is 0 Å². The molecular formula is C19H22FN5. The van der Waals surface area contributed by atoms with E-state index in [1.807, 2.05) is 24.4 Å². The summed E-state index contributed by atoms with van der Waals surface area (Å²) >= 11 is 0. The number of anilines is 1. The number of alkyl halides is 1. The molecular weight excluding hydrogens is 317 g/mol. The Hall–Kier alpha value is -2.47. The van der Waals surface area contributed by atoms with Crippen molar-refractivity contribution in [2.45, 2.75) is 25.3 Å². The molecule has 3 heterocycles. The number of hydrogen-bond donors (Lipinski definition) is 3. The average molecular weight is 339 g/mol. The van der Waals surface area contributed by atoms with E-state index in [4.69, 9.17) is 4.98 Å². The molecule has 0 bridgehead atoms. The fourth-order valence-electron chi connectivity index (χ4n) is 3.42. The smallest absolute Gasteiger partial charge is 0.223 e. The van der Waals surface area contributed by atoms with Gasteiger partial charge in [0.1, 0.15) is 0 Å². The summed E-state index contributed by atoms with van der Waals surface area (Å²) in [6.45, 7) is 1.56. The molecule has 1 atom stereocenters. The first-order valence-corrected chi connectivity index (χ1v) is 8.81. The Bertz CT molecular complexity index is 854. The van der Waals surface area contributed by atoms with Crippen molar-refractivity contribution in [2.24, 2.45) is 0 Å². The number of aromatic amines is 1. The van der Waals surface area contributed by atoms with Crippen molar-refractivity contribution in [2.75, 3.05) is 25.1 Å². The number of H-pyrrole nitrogens is 1. The summed E-state index contributed by atoms with van der Waals surface area (Å²) < 4.78 is 13.0. The van der Waals surface area contributed by atoms with E-state index in [0.717, 1.165) is 53.7 Å². The second-order valence-corrected chi connectivity index (χ2v) is 6.44. The van der Waals surface area contributed by atoms with Gasteiger partial charge in [-0.2, -0.15) is 0 Å². The molecule has 1 saturated heterocycles. The molecule has 0 amide bonds. The topological polar surface area (TPSA) is 65.6 Å². The molecule has 1 aliphatic heterocycles. The molecule has 0 aliphatic carbocycles. The number of nitrogens with zero attached hydrogens (tertiary/aromatic N) is 2. The zero-order chi connectivity index (χ0) is 17.1. The fraction of sp³-hybridized carbons (Fsp3) is 0.368. The van der Waals surface area contributed by atoms with Gasteiger partial charge in [-0.25, -0.2) is 9.97 Å². The lowest BCUT2D eigenvalue weighted by Gasteiger charge is -2.24. The molecule has 0 unspecified atom stereocenters. The standard InChI is InChI=1S/C19H22FN5/c20-8-7-13-10-23-19(24-14-4-3-9-21-11-14)25-18(13)16-12-22-17-6-2-1-5-15(16)17/h1-2,5-6,10,12,14,21-22H,3-4,7-9,11H2,(H,23,24,25)/t14-/m0/s1. The molecule has 5 nitrogen and oxygen atoms in total. The Morgan fingerprint density at radius 3 is 3.04 bits per heavy atom. The maximum absolute atomic E-state index is 13.0. The number of aryl methyl sites for hydroxylation is 1. The summed E-state index contributed by atoms with van der Waals surface area (Å²) in [4.78, 5) is 12.4. The first kappa shape index (κ1) is 16.0. The third kappa shape index (κ3) is 3.35. The van der Waals surface area contributed by atoms with Crippen molar-refractivity contribution in [1.29, 1.82) is 0 Å². The lowest BCUT2D eigenvalue weighted by atomic mass is 10.0. The normalized spacial score (nSPS) is 17.7. The molecule has 25 heavy (non-hydrogen) atoms. The van der Waals surface area contributed by atoms with Gasteiger partial charge in [0.2, 0.25) is 5.95 Å². The summed E-state index contributed by atoms with van der Waals surface area (Å²) in [5, 5.41) is 7.88. The van der Waals surface area contributed by atoms with Crippen LogP contribution in [0, 0.1) is 0 Å². The molecule has 3 N–H and O–H groups in total. The molecule has 1 aromatic carbocycles. The second kappa shape index (κ2) is 7.19. The minimum Gasteiger partial charge on any atom is -0.360 e. The van der Waals surface area contributed by atoms with Crippen LogP contribution >= 0.6 is 0 Å². The van der Waals surface area contributed by atoms with E-state index < -0.39 is 6.67 Å². The van der Waals surface area contributed by atoms with Crippen LogP contribution in [0.4, 0.5) is 10.3 Å². The van der Waals surface area contributed by atoms with Gasteiger partial charge in [0.25, 0.3) is 0 Å². The summed E-state index contributed by atoms with van der Waals surface area (Å²) in [5.41, 5.74) is 3.68. The van der Waals surface area contributed by atoms with E-state index in [2.05, 4.69) is 26.7 Å². The Balaban J connectivity index is 1.72. The Labute approximate surface area is 146 Å². The van der Waals surface area contributed by atoms with Crippen LogP contribution in [0.2, 0.25) is 0 Å². The lowest BCUT2D eigenvalue weighted by molar-refractivity contribution is 0.477. The van der Waals surface area contributed by atoms with Gasteiger partial charge in [0.15, 0.2) is 0 Å². The minimum absolute atomic E-state index is 0.320. The average Bonchev–Trinajstić information content (AvgIpc) is 3.08. The van der Waals surface area contributed by atoms with Crippen molar-refractivity contribution in [3.63, 3.8) is 0 Å². The van der Waals surface area contributed by atoms with Crippen LogP contribution in [0.1, 0.15) is 18.4 Å². The molecule has 0 spiro atoms. The third-order valence-electron chi connectivity index (χ3n) is 4.70. The number of fused-ring (bicyclic) bond motifs is 1. The molecule has 6 heteroatoms. The summed E-state index contributed by atoms with van der Waals surface area (Å²) in [5.74, 6) is 0.608.